The first-order chi connectivity index (χ1) is 7.66. The van der Waals surface area contributed by atoms with Crippen molar-refractivity contribution in [3.8, 4) is 0 Å². The molecule has 5 heteroatoms. The quantitative estimate of drug-likeness (QED) is 0.542. The summed E-state index contributed by atoms with van der Waals surface area (Å²) >= 11 is 5.22. The van der Waals surface area contributed by atoms with E-state index in [1.807, 2.05) is 6.92 Å². The summed E-state index contributed by atoms with van der Waals surface area (Å²) in [7, 11) is 0. The molecule has 0 aromatic carbocycles. The second-order valence-electron chi connectivity index (χ2n) is 4.29. The molecule has 1 heterocycles. The maximum absolute atomic E-state index is 5.35. The molecule has 0 saturated carbocycles. The molecule has 1 aliphatic rings. The van der Waals surface area contributed by atoms with Crippen molar-refractivity contribution in [1.29, 1.82) is 0 Å². The van der Waals surface area contributed by atoms with Gasteiger partial charge in [0.25, 0.3) is 0 Å². The van der Waals surface area contributed by atoms with Crippen LogP contribution < -0.4 is 10.6 Å². The summed E-state index contributed by atoms with van der Waals surface area (Å²) in [6.45, 7) is 8.09. The predicted molar refractivity (Wildman–Crippen MR) is 68.7 cm³/mol. The van der Waals surface area contributed by atoms with E-state index >= 15 is 0 Å². The zero-order chi connectivity index (χ0) is 11.9. The Morgan fingerprint density at radius 1 is 1.56 bits per heavy atom. The molecule has 1 aliphatic heterocycles. The van der Waals surface area contributed by atoms with Crippen molar-refractivity contribution in [2.45, 2.75) is 32.2 Å². The highest BCUT2D eigenvalue weighted by Crippen LogP contribution is 2.16. The third kappa shape index (κ3) is 5.09. The highest BCUT2D eigenvalue weighted by atomic mass is 32.1. The number of hydrogen-bond acceptors (Lipinski definition) is 3. The lowest BCUT2D eigenvalue weighted by molar-refractivity contribution is 0.145. The first kappa shape index (κ1) is 13.7. The fourth-order valence-electron chi connectivity index (χ4n) is 1.60. The molecule has 4 nitrogen and oxygen atoms in total. The van der Waals surface area contributed by atoms with Crippen LogP contribution in [0.2, 0.25) is 0 Å². The van der Waals surface area contributed by atoms with Gasteiger partial charge in [0, 0.05) is 26.4 Å². The topological polar surface area (TPSA) is 42.5 Å². The summed E-state index contributed by atoms with van der Waals surface area (Å²) < 4.78 is 10.6. The van der Waals surface area contributed by atoms with Gasteiger partial charge >= 0.3 is 0 Å². The highest BCUT2D eigenvalue weighted by Gasteiger charge is 2.29. The third-order valence-electron chi connectivity index (χ3n) is 2.59. The molecule has 1 saturated heterocycles. The van der Waals surface area contributed by atoms with Crippen LogP contribution in [0, 0.1) is 0 Å². The molecule has 0 aromatic heterocycles. The Morgan fingerprint density at radius 3 is 3.00 bits per heavy atom. The second-order valence-corrected chi connectivity index (χ2v) is 4.70. The minimum atomic E-state index is 0.00397. The second kappa shape index (κ2) is 7.04. The van der Waals surface area contributed by atoms with Crippen molar-refractivity contribution in [2.75, 3.05) is 33.0 Å². The Hall–Kier alpha value is -0.390. The third-order valence-corrected chi connectivity index (χ3v) is 2.84. The van der Waals surface area contributed by atoms with Crippen molar-refractivity contribution in [3.05, 3.63) is 0 Å². The van der Waals surface area contributed by atoms with E-state index in [0.29, 0.717) is 5.11 Å². The van der Waals surface area contributed by atoms with Gasteiger partial charge in [-0.05, 0) is 38.9 Å². The fourth-order valence-corrected chi connectivity index (χ4v) is 1.95. The number of ether oxygens (including phenoxy) is 2. The standard InChI is InChI=1S/C11H22N2O2S/c1-3-14-7-4-6-12-10(16)13-11(2)5-8-15-9-11/h3-9H2,1-2H3,(H2,12,13,16). The van der Waals surface area contributed by atoms with Crippen LogP contribution in [0.3, 0.4) is 0 Å². The Morgan fingerprint density at radius 2 is 2.38 bits per heavy atom. The minimum Gasteiger partial charge on any atom is -0.382 e. The van der Waals surface area contributed by atoms with Crippen LogP contribution in [0.5, 0.6) is 0 Å². The van der Waals surface area contributed by atoms with Gasteiger partial charge in [-0.15, -0.1) is 0 Å². The lowest BCUT2D eigenvalue weighted by atomic mass is 10.0. The van der Waals surface area contributed by atoms with Gasteiger partial charge in [-0.1, -0.05) is 0 Å². The van der Waals surface area contributed by atoms with Crippen LogP contribution in [0.4, 0.5) is 0 Å². The minimum absolute atomic E-state index is 0.00397. The normalized spacial score (nSPS) is 24.4. The molecule has 94 valence electrons. The smallest absolute Gasteiger partial charge is 0.166 e. The van der Waals surface area contributed by atoms with Gasteiger partial charge in [0.2, 0.25) is 0 Å². The highest BCUT2D eigenvalue weighted by molar-refractivity contribution is 7.80. The fraction of sp³-hybridized carbons (Fsp3) is 0.909. The van der Waals surface area contributed by atoms with Crippen LogP contribution in [0.25, 0.3) is 0 Å². The monoisotopic (exact) mass is 246 g/mol. The van der Waals surface area contributed by atoms with Crippen molar-refractivity contribution >= 4 is 17.3 Å². The van der Waals surface area contributed by atoms with E-state index in [1.165, 1.54) is 0 Å². The Bertz CT molecular complexity index is 218. The molecule has 0 aromatic rings. The van der Waals surface area contributed by atoms with Gasteiger partial charge in [-0.2, -0.15) is 0 Å². The molecule has 0 aliphatic carbocycles. The zero-order valence-corrected chi connectivity index (χ0v) is 11.0. The van der Waals surface area contributed by atoms with Crippen molar-refractivity contribution < 1.29 is 9.47 Å². The van der Waals surface area contributed by atoms with Crippen molar-refractivity contribution in [2.24, 2.45) is 0 Å². The van der Waals surface area contributed by atoms with Crippen LogP contribution in [-0.4, -0.2) is 43.6 Å². The molecule has 0 spiro atoms. The first-order valence-electron chi connectivity index (χ1n) is 5.88. The van der Waals surface area contributed by atoms with E-state index < -0.39 is 0 Å². The first-order valence-corrected chi connectivity index (χ1v) is 6.28. The average Bonchev–Trinajstić information content (AvgIpc) is 2.64. The lowest BCUT2D eigenvalue weighted by Gasteiger charge is -2.25. The Labute approximate surface area is 103 Å². The summed E-state index contributed by atoms with van der Waals surface area (Å²) in [6, 6.07) is 0. The molecular weight excluding hydrogens is 224 g/mol. The molecule has 0 amide bonds. The van der Waals surface area contributed by atoms with Crippen molar-refractivity contribution in [3.63, 3.8) is 0 Å². The van der Waals surface area contributed by atoms with E-state index in [0.717, 1.165) is 45.8 Å². The van der Waals surface area contributed by atoms with E-state index in [-0.39, 0.29) is 5.54 Å². The van der Waals surface area contributed by atoms with Gasteiger partial charge < -0.3 is 20.1 Å². The van der Waals surface area contributed by atoms with Crippen LogP contribution in [-0.2, 0) is 9.47 Å². The SMILES string of the molecule is CCOCCCNC(=S)NC1(C)CCOC1. The summed E-state index contributed by atoms with van der Waals surface area (Å²) in [5.74, 6) is 0. The number of nitrogens with one attached hydrogen (secondary N) is 2. The summed E-state index contributed by atoms with van der Waals surface area (Å²) in [4.78, 5) is 0. The average molecular weight is 246 g/mol. The Kier molecular flexibility index (Phi) is 6.01. The van der Waals surface area contributed by atoms with Crippen LogP contribution in [0.1, 0.15) is 26.7 Å². The molecule has 1 atom stereocenters. The van der Waals surface area contributed by atoms with E-state index in [1.54, 1.807) is 0 Å². The van der Waals surface area contributed by atoms with E-state index in [9.17, 15) is 0 Å². The molecular formula is C11H22N2O2S. The van der Waals surface area contributed by atoms with Gasteiger partial charge in [-0.3, -0.25) is 0 Å². The largest absolute Gasteiger partial charge is 0.382 e. The molecule has 1 rings (SSSR count). The molecule has 0 bridgehead atoms. The molecule has 0 radical (unpaired) electrons. The molecule has 1 unspecified atom stereocenters. The zero-order valence-electron chi connectivity index (χ0n) is 10.2. The molecule has 16 heavy (non-hydrogen) atoms. The van der Waals surface area contributed by atoms with E-state index in [2.05, 4.69) is 17.6 Å². The number of hydrogen-bond donors (Lipinski definition) is 2. The van der Waals surface area contributed by atoms with Gasteiger partial charge in [0.1, 0.15) is 0 Å². The number of rotatable bonds is 6. The van der Waals surface area contributed by atoms with Gasteiger partial charge in [0.05, 0.1) is 12.1 Å². The van der Waals surface area contributed by atoms with Crippen LogP contribution in [0.15, 0.2) is 0 Å². The van der Waals surface area contributed by atoms with Crippen LogP contribution >= 0.6 is 12.2 Å². The molecule has 1 fully saturated rings. The Balaban J connectivity index is 2.06. The van der Waals surface area contributed by atoms with Gasteiger partial charge in [-0.25, -0.2) is 0 Å². The van der Waals surface area contributed by atoms with Crippen molar-refractivity contribution in [1.82, 2.24) is 10.6 Å². The van der Waals surface area contributed by atoms with Gasteiger partial charge in [0.15, 0.2) is 5.11 Å². The molecule has 2 N–H and O–H groups in total. The summed E-state index contributed by atoms with van der Waals surface area (Å²) in [5.41, 5.74) is 0.00397. The maximum atomic E-state index is 5.35. The summed E-state index contributed by atoms with van der Waals surface area (Å²) in [5, 5.41) is 7.19. The number of thiocarbonyl (C=S) groups is 1. The van der Waals surface area contributed by atoms with E-state index in [4.69, 9.17) is 21.7 Å². The predicted octanol–water partition coefficient (Wildman–Crippen LogP) is 1.06. The maximum Gasteiger partial charge on any atom is 0.166 e. The lowest BCUT2D eigenvalue weighted by Crippen LogP contribution is -2.50. The summed E-state index contributed by atoms with van der Waals surface area (Å²) in [6.07, 6.45) is 1.98.